The third kappa shape index (κ3) is 2.69. The SMILES string of the molecule is CN1C2CCC1CN(CCn1cc(C(=O)O)nn1)CC2. The zero-order valence-corrected chi connectivity index (χ0v) is 11.8. The Labute approximate surface area is 118 Å². The number of carboxylic acids is 1. The van der Waals surface area contributed by atoms with Crippen LogP contribution in [-0.2, 0) is 6.54 Å². The van der Waals surface area contributed by atoms with Crippen LogP contribution in [0.5, 0.6) is 0 Å². The Bertz CT molecular complexity index is 489. The smallest absolute Gasteiger partial charge is 0.358 e. The Hall–Kier alpha value is -1.47. The highest BCUT2D eigenvalue weighted by molar-refractivity contribution is 5.84. The number of aromatic carboxylic acids is 1. The Balaban J connectivity index is 1.54. The van der Waals surface area contributed by atoms with E-state index in [1.165, 1.54) is 25.5 Å². The third-order valence-corrected chi connectivity index (χ3v) is 4.64. The van der Waals surface area contributed by atoms with Gasteiger partial charge in [-0.05, 0) is 32.9 Å². The molecule has 2 atom stereocenters. The minimum atomic E-state index is -1.02. The molecule has 1 N–H and O–H groups in total. The van der Waals surface area contributed by atoms with Gasteiger partial charge in [0.25, 0.3) is 0 Å². The van der Waals surface area contributed by atoms with Gasteiger partial charge in [0.15, 0.2) is 5.69 Å². The standard InChI is InChI=1S/C13H21N5O2/c1-16-10-2-3-11(16)8-17(5-4-10)6-7-18-9-12(13(19)20)14-15-18/h9-11H,2-8H2,1H3,(H,19,20). The number of likely N-dealkylation sites (N-methyl/N-ethyl adjacent to an activating group) is 1. The van der Waals surface area contributed by atoms with Crippen LogP contribution in [0.2, 0.25) is 0 Å². The quantitative estimate of drug-likeness (QED) is 0.845. The highest BCUT2D eigenvalue weighted by Crippen LogP contribution is 2.28. The van der Waals surface area contributed by atoms with Gasteiger partial charge in [0.2, 0.25) is 0 Å². The van der Waals surface area contributed by atoms with Crippen LogP contribution < -0.4 is 0 Å². The summed E-state index contributed by atoms with van der Waals surface area (Å²) in [7, 11) is 2.24. The molecule has 1 aromatic heterocycles. The summed E-state index contributed by atoms with van der Waals surface area (Å²) in [6.45, 7) is 3.82. The minimum absolute atomic E-state index is 0.0136. The summed E-state index contributed by atoms with van der Waals surface area (Å²) in [5.74, 6) is -1.02. The topological polar surface area (TPSA) is 74.5 Å². The van der Waals surface area contributed by atoms with Gasteiger partial charge in [-0.3, -0.25) is 14.5 Å². The molecule has 2 aliphatic heterocycles. The number of rotatable bonds is 4. The van der Waals surface area contributed by atoms with Gasteiger partial charge in [-0.2, -0.15) is 0 Å². The predicted octanol–water partition coefficient (Wildman–Crippen LogP) is 0.145. The molecule has 2 fully saturated rings. The first-order valence-corrected chi connectivity index (χ1v) is 7.21. The normalized spacial score (nSPS) is 27.6. The van der Waals surface area contributed by atoms with E-state index in [-0.39, 0.29) is 5.69 Å². The van der Waals surface area contributed by atoms with Gasteiger partial charge in [-0.1, -0.05) is 5.21 Å². The second-order valence-corrected chi connectivity index (χ2v) is 5.81. The highest BCUT2D eigenvalue weighted by atomic mass is 16.4. The van der Waals surface area contributed by atoms with Crippen LogP contribution in [0.1, 0.15) is 29.8 Å². The Morgan fingerprint density at radius 3 is 2.90 bits per heavy atom. The molecule has 2 aliphatic rings. The van der Waals surface area contributed by atoms with Crippen molar-refractivity contribution in [2.24, 2.45) is 0 Å². The van der Waals surface area contributed by atoms with Crippen molar-refractivity contribution < 1.29 is 9.90 Å². The second-order valence-electron chi connectivity index (χ2n) is 5.81. The average Bonchev–Trinajstić information content (AvgIpc) is 2.95. The first kappa shape index (κ1) is 13.5. The molecule has 0 radical (unpaired) electrons. The minimum Gasteiger partial charge on any atom is -0.476 e. The molecule has 0 aromatic carbocycles. The van der Waals surface area contributed by atoms with E-state index in [9.17, 15) is 4.79 Å². The van der Waals surface area contributed by atoms with E-state index < -0.39 is 5.97 Å². The first-order valence-electron chi connectivity index (χ1n) is 7.21. The molecule has 7 heteroatoms. The van der Waals surface area contributed by atoms with Crippen LogP contribution in [0.3, 0.4) is 0 Å². The van der Waals surface area contributed by atoms with Crippen molar-refractivity contribution in [3.8, 4) is 0 Å². The van der Waals surface area contributed by atoms with Crippen molar-refractivity contribution in [3.05, 3.63) is 11.9 Å². The van der Waals surface area contributed by atoms with Crippen LogP contribution >= 0.6 is 0 Å². The fourth-order valence-electron chi connectivity index (χ4n) is 3.33. The summed E-state index contributed by atoms with van der Waals surface area (Å²) < 4.78 is 1.62. The maximum absolute atomic E-state index is 10.8. The number of aromatic nitrogens is 3. The number of hydrogen-bond donors (Lipinski definition) is 1. The summed E-state index contributed by atoms with van der Waals surface area (Å²) in [6.07, 6.45) is 5.35. The van der Waals surface area contributed by atoms with E-state index in [1.54, 1.807) is 4.68 Å². The van der Waals surface area contributed by atoms with E-state index in [0.717, 1.165) is 25.7 Å². The second kappa shape index (κ2) is 5.49. The molecule has 2 saturated heterocycles. The van der Waals surface area contributed by atoms with Gasteiger partial charge in [0.1, 0.15) is 0 Å². The average molecular weight is 279 g/mol. The largest absolute Gasteiger partial charge is 0.476 e. The Morgan fingerprint density at radius 2 is 2.15 bits per heavy atom. The number of hydrogen-bond acceptors (Lipinski definition) is 5. The molecule has 7 nitrogen and oxygen atoms in total. The zero-order valence-electron chi connectivity index (χ0n) is 11.8. The summed E-state index contributed by atoms with van der Waals surface area (Å²) in [5, 5.41) is 16.3. The van der Waals surface area contributed by atoms with Gasteiger partial charge in [-0.15, -0.1) is 5.10 Å². The van der Waals surface area contributed by atoms with Crippen molar-refractivity contribution in [1.29, 1.82) is 0 Å². The molecule has 3 rings (SSSR count). The van der Waals surface area contributed by atoms with E-state index in [0.29, 0.717) is 12.6 Å². The fraction of sp³-hybridized carbons (Fsp3) is 0.769. The number of fused-ring (bicyclic) bond motifs is 2. The van der Waals surface area contributed by atoms with Crippen LogP contribution in [0.15, 0.2) is 6.20 Å². The molecule has 0 aliphatic carbocycles. The first-order chi connectivity index (χ1) is 9.63. The van der Waals surface area contributed by atoms with Crippen LogP contribution in [-0.4, -0.2) is 74.6 Å². The lowest BCUT2D eigenvalue weighted by Crippen LogP contribution is -2.37. The number of likely N-dealkylation sites (tertiary alicyclic amines) is 1. The Morgan fingerprint density at radius 1 is 1.35 bits per heavy atom. The molecular formula is C13H21N5O2. The van der Waals surface area contributed by atoms with Crippen molar-refractivity contribution in [2.45, 2.75) is 37.9 Å². The van der Waals surface area contributed by atoms with Gasteiger partial charge in [0, 0.05) is 25.2 Å². The van der Waals surface area contributed by atoms with Crippen molar-refractivity contribution in [3.63, 3.8) is 0 Å². The molecule has 1 aromatic rings. The van der Waals surface area contributed by atoms with Crippen molar-refractivity contribution in [1.82, 2.24) is 24.8 Å². The van der Waals surface area contributed by atoms with E-state index in [2.05, 4.69) is 27.2 Å². The van der Waals surface area contributed by atoms with Crippen LogP contribution in [0.4, 0.5) is 0 Å². The third-order valence-electron chi connectivity index (χ3n) is 4.64. The van der Waals surface area contributed by atoms with Crippen LogP contribution in [0.25, 0.3) is 0 Å². The molecule has 0 amide bonds. The maximum atomic E-state index is 10.8. The molecule has 0 saturated carbocycles. The van der Waals surface area contributed by atoms with E-state index in [4.69, 9.17) is 5.11 Å². The predicted molar refractivity (Wildman–Crippen MR) is 72.6 cm³/mol. The summed E-state index contributed by atoms with van der Waals surface area (Å²) in [5.41, 5.74) is 0.0136. The molecule has 0 spiro atoms. The zero-order chi connectivity index (χ0) is 14.1. The molecule has 20 heavy (non-hydrogen) atoms. The summed E-state index contributed by atoms with van der Waals surface area (Å²) in [4.78, 5) is 15.7. The lowest BCUT2D eigenvalue weighted by Gasteiger charge is -2.25. The molecule has 2 unspecified atom stereocenters. The lowest BCUT2D eigenvalue weighted by molar-refractivity contribution is 0.0690. The lowest BCUT2D eigenvalue weighted by atomic mass is 10.1. The summed E-state index contributed by atoms with van der Waals surface area (Å²) >= 11 is 0. The summed E-state index contributed by atoms with van der Waals surface area (Å²) in [6, 6.07) is 1.42. The van der Waals surface area contributed by atoms with Gasteiger partial charge >= 0.3 is 5.97 Å². The molecule has 2 bridgehead atoms. The van der Waals surface area contributed by atoms with Gasteiger partial charge in [-0.25, -0.2) is 4.79 Å². The monoisotopic (exact) mass is 279 g/mol. The Kier molecular flexibility index (Phi) is 3.71. The van der Waals surface area contributed by atoms with Gasteiger partial charge < -0.3 is 5.11 Å². The highest BCUT2D eigenvalue weighted by Gasteiger charge is 2.34. The number of nitrogens with zero attached hydrogens (tertiary/aromatic N) is 5. The van der Waals surface area contributed by atoms with Crippen molar-refractivity contribution in [2.75, 3.05) is 26.7 Å². The number of carboxylic acid groups (broad SMARTS) is 1. The van der Waals surface area contributed by atoms with Crippen LogP contribution in [0, 0.1) is 0 Å². The molecule has 110 valence electrons. The van der Waals surface area contributed by atoms with Gasteiger partial charge in [0.05, 0.1) is 12.7 Å². The maximum Gasteiger partial charge on any atom is 0.358 e. The van der Waals surface area contributed by atoms with E-state index >= 15 is 0 Å². The molecule has 3 heterocycles. The van der Waals surface area contributed by atoms with Crippen molar-refractivity contribution >= 4 is 5.97 Å². The van der Waals surface area contributed by atoms with E-state index in [1.807, 2.05) is 0 Å². The number of carbonyl (C=O) groups is 1. The fourth-order valence-corrected chi connectivity index (χ4v) is 3.33. The molecular weight excluding hydrogens is 258 g/mol.